The zero-order valence-electron chi connectivity index (χ0n) is 12.2. The Balaban J connectivity index is 1.57. The van der Waals surface area contributed by atoms with Crippen molar-refractivity contribution in [3.8, 4) is 0 Å². The number of fused-ring (bicyclic) bond motifs is 2. The highest BCUT2D eigenvalue weighted by molar-refractivity contribution is 5.16. The minimum atomic E-state index is 0.959. The minimum Gasteiger partial charge on any atom is -0.317 e. The first-order valence-electron chi connectivity index (χ1n) is 8.80. The van der Waals surface area contributed by atoms with Gasteiger partial charge in [-0.05, 0) is 100 Å². The van der Waals surface area contributed by atoms with Crippen molar-refractivity contribution in [3.63, 3.8) is 0 Å². The van der Waals surface area contributed by atoms with Gasteiger partial charge in [-0.25, -0.2) is 0 Å². The van der Waals surface area contributed by atoms with Gasteiger partial charge >= 0.3 is 0 Å². The van der Waals surface area contributed by atoms with Gasteiger partial charge < -0.3 is 5.32 Å². The van der Waals surface area contributed by atoms with Crippen molar-refractivity contribution in [2.45, 2.75) is 57.8 Å². The molecule has 19 heavy (non-hydrogen) atoms. The van der Waals surface area contributed by atoms with E-state index in [0.717, 1.165) is 29.6 Å². The van der Waals surface area contributed by atoms with Gasteiger partial charge in [-0.1, -0.05) is 11.6 Å². The van der Waals surface area contributed by atoms with Crippen molar-refractivity contribution in [2.24, 2.45) is 29.6 Å². The standard InChI is InChI=1S/C18H29N/c1-2-14-10-16-4-3-13(1)9-18(16)12-17(11-14)15-5-7-19-8-6-15/h9,13-17,19H,1-8,10-12H2. The molecule has 4 bridgehead atoms. The van der Waals surface area contributed by atoms with Gasteiger partial charge in [0.1, 0.15) is 0 Å². The summed E-state index contributed by atoms with van der Waals surface area (Å²) >= 11 is 0. The summed E-state index contributed by atoms with van der Waals surface area (Å²) in [5, 5.41) is 3.54. The summed E-state index contributed by atoms with van der Waals surface area (Å²) in [6, 6.07) is 0. The molecule has 5 rings (SSSR count). The first-order valence-corrected chi connectivity index (χ1v) is 8.80. The number of allylic oxidation sites excluding steroid dienone is 2. The molecule has 0 radical (unpaired) electrons. The summed E-state index contributed by atoms with van der Waals surface area (Å²) in [4.78, 5) is 0. The average molecular weight is 259 g/mol. The van der Waals surface area contributed by atoms with Crippen LogP contribution in [0.1, 0.15) is 57.8 Å². The number of piperidine rings is 1. The van der Waals surface area contributed by atoms with Crippen molar-refractivity contribution in [2.75, 3.05) is 13.1 Å². The quantitative estimate of drug-likeness (QED) is 0.698. The highest BCUT2D eigenvalue weighted by Crippen LogP contribution is 2.49. The predicted octanol–water partition coefficient (Wildman–Crippen LogP) is 4.15. The van der Waals surface area contributed by atoms with Crippen molar-refractivity contribution >= 4 is 0 Å². The maximum absolute atomic E-state index is 3.54. The molecule has 106 valence electrons. The van der Waals surface area contributed by atoms with Crippen LogP contribution in [0.3, 0.4) is 0 Å². The maximum atomic E-state index is 3.54. The third kappa shape index (κ3) is 2.51. The predicted molar refractivity (Wildman–Crippen MR) is 80.0 cm³/mol. The third-order valence-electron chi connectivity index (χ3n) is 6.61. The largest absolute Gasteiger partial charge is 0.317 e. The zero-order chi connectivity index (χ0) is 12.7. The fourth-order valence-electron chi connectivity index (χ4n) is 5.53. The number of hydrogen-bond donors (Lipinski definition) is 1. The van der Waals surface area contributed by atoms with E-state index in [1.54, 1.807) is 12.8 Å². The molecule has 3 fully saturated rings. The molecule has 0 aromatic heterocycles. The Kier molecular flexibility index (Phi) is 3.43. The molecule has 4 atom stereocenters. The van der Waals surface area contributed by atoms with Crippen molar-refractivity contribution < 1.29 is 0 Å². The van der Waals surface area contributed by atoms with Gasteiger partial charge in [-0.2, -0.15) is 0 Å². The smallest absolute Gasteiger partial charge is 0.00462 e. The van der Waals surface area contributed by atoms with Gasteiger partial charge in [-0.3, -0.25) is 0 Å². The van der Waals surface area contributed by atoms with Gasteiger partial charge in [0.15, 0.2) is 0 Å². The third-order valence-corrected chi connectivity index (χ3v) is 6.61. The molecule has 1 aliphatic heterocycles. The van der Waals surface area contributed by atoms with E-state index in [4.69, 9.17) is 0 Å². The van der Waals surface area contributed by atoms with Crippen LogP contribution >= 0.6 is 0 Å². The second-order valence-electron chi connectivity index (χ2n) is 7.74. The lowest BCUT2D eigenvalue weighted by Crippen LogP contribution is -2.32. The second-order valence-corrected chi connectivity index (χ2v) is 7.74. The number of nitrogens with one attached hydrogen (secondary N) is 1. The molecular formula is C18H29N. The molecule has 0 amide bonds. The normalized spacial score (nSPS) is 43.5. The molecule has 1 heterocycles. The van der Waals surface area contributed by atoms with Gasteiger partial charge in [-0.15, -0.1) is 0 Å². The molecule has 5 aliphatic rings. The Bertz CT molecular complexity index is 353. The monoisotopic (exact) mass is 259 g/mol. The lowest BCUT2D eigenvalue weighted by atomic mass is 9.73. The van der Waals surface area contributed by atoms with E-state index >= 15 is 0 Å². The fourth-order valence-corrected chi connectivity index (χ4v) is 5.53. The highest BCUT2D eigenvalue weighted by atomic mass is 14.9. The summed E-state index contributed by atoms with van der Waals surface area (Å²) < 4.78 is 0. The minimum absolute atomic E-state index is 0.959. The van der Waals surface area contributed by atoms with Crippen LogP contribution in [0.2, 0.25) is 0 Å². The van der Waals surface area contributed by atoms with Crippen LogP contribution in [0.15, 0.2) is 11.6 Å². The molecule has 1 heteroatoms. The van der Waals surface area contributed by atoms with Crippen molar-refractivity contribution in [1.82, 2.24) is 5.32 Å². The molecule has 0 spiro atoms. The molecule has 4 aliphatic carbocycles. The molecule has 0 aromatic carbocycles. The van der Waals surface area contributed by atoms with Crippen LogP contribution in [-0.2, 0) is 0 Å². The molecule has 2 saturated carbocycles. The lowest BCUT2D eigenvalue weighted by Gasteiger charge is -2.33. The Labute approximate surface area is 118 Å². The maximum Gasteiger partial charge on any atom is -0.00462 e. The lowest BCUT2D eigenvalue weighted by molar-refractivity contribution is 0.210. The Morgan fingerprint density at radius 2 is 1.68 bits per heavy atom. The van der Waals surface area contributed by atoms with Crippen LogP contribution in [-0.4, -0.2) is 13.1 Å². The summed E-state index contributed by atoms with van der Waals surface area (Å²) in [5.41, 5.74) is 1.90. The van der Waals surface area contributed by atoms with Crippen LogP contribution in [0, 0.1) is 29.6 Å². The SMILES string of the molecule is C1=C2CC(C3CCNCC3)CC3CCC1CCC2C3. The van der Waals surface area contributed by atoms with E-state index < -0.39 is 0 Å². The summed E-state index contributed by atoms with van der Waals surface area (Å²) in [6.07, 6.45) is 16.3. The molecule has 1 saturated heterocycles. The Morgan fingerprint density at radius 1 is 0.842 bits per heavy atom. The highest BCUT2D eigenvalue weighted by Gasteiger charge is 2.37. The topological polar surface area (TPSA) is 12.0 Å². The van der Waals surface area contributed by atoms with Crippen LogP contribution < -0.4 is 5.32 Å². The molecule has 1 nitrogen and oxygen atoms in total. The van der Waals surface area contributed by atoms with Gasteiger partial charge in [0, 0.05) is 0 Å². The molecule has 0 aromatic rings. The van der Waals surface area contributed by atoms with E-state index in [1.165, 1.54) is 58.0 Å². The zero-order valence-corrected chi connectivity index (χ0v) is 12.2. The van der Waals surface area contributed by atoms with Crippen molar-refractivity contribution in [1.29, 1.82) is 0 Å². The number of hydrogen-bond acceptors (Lipinski definition) is 1. The first-order chi connectivity index (χ1) is 9.38. The molecule has 4 unspecified atom stereocenters. The second kappa shape index (κ2) is 5.24. The van der Waals surface area contributed by atoms with Crippen LogP contribution in [0.4, 0.5) is 0 Å². The summed E-state index contributed by atoms with van der Waals surface area (Å²) in [5.74, 6) is 5.08. The molecular weight excluding hydrogens is 230 g/mol. The van der Waals surface area contributed by atoms with E-state index in [-0.39, 0.29) is 0 Å². The number of rotatable bonds is 1. The van der Waals surface area contributed by atoms with Gasteiger partial charge in [0.25, 0.3) is 0 Å². The summed E-state index contributed by atoms with van der Waals surface area (Å²) in [6.45, 7) is 2.55. The van der Waals surface area contributed by atoms with E-state index in [9.17, 15) is 0 Å². The van der Waals surface area contributed by atoms with E-state index in [0.29, 0.717) is 0 Å². The van der Waals surface area contributed by atoms with Gasteiger partial charge in [0.05, 0.1) is 0 Å². The fraction of sp³-hybridized carbons (Fsp3) is 0.889. The molecule has 1 N–H and O–H groups in total. The van der Waals surface area contributed by atoms with Crippen molar-refractivity contribution in [3.05, 3.63) is 11.6 Å². The van der Waals surface area contributed by atoms with Crippen LogP contribution in [0.25, 0.3) is 0 Å². The van der Waals surface area contributed by atoms with Crippen LogP contribution in [0.5, 0.6) is 0 Å². The van der Waals surface area contributed by atoms with Gasteiger partial charge in [0.2, 0.25) is 0 Å². The van der Waals surface area contributed by atoms with E-state index in [2.05, 4.69) is 11.4 Å². The summed E-state index contributed by atoms with van der Waals surface area (Å²) in [7, 11) is 0. The van der Waals surface area contributed by atoms with E-state index in [1.807, 2.05) is 5.57 Å². The Morgan fingerprint density at radius 3 is 2.58 bits per heavy atom. The first kappa shape index (κ1) is 12.4. The Hall–Kier alpha value is -0.300. The average Bonchev–Trinajstić information content (AvgIpc) is 2.57.